The number of hydrogen-bond donors (Lipinski definition) is 1. The average Bonchev–Trinajstić information content (AvgIpc) is 2.99. The zero-order valence-corrected chi connectivity index (χ0v) is 16.2. The Hall–Kier alpha value is -3.21. The van der Waals surface area contributed by atoms with Crippen LogP contribution in [0.2, 0.25) is 0 Å². The summed E-state index contributed by atoms with van der Waals surface area (Å²) < 4.78 is 29.5. The second-order valence-electron chi connectivity index (χ2n) is 7.38. The lowest BCUT2D eigenvalue weighted by Gasteiger charge is -2.09. The fraction of sp³-hybridized carbons (Fsp3) is 0.208. The molecule has 0 bridgehead atoms. The number of nitrogens with two attached hydrogens (primary N) is 1. The van der Waals surface area contributed by atoms with Crippen molar-refractivity contribution in [3.8, 4) is 0 Å². The van der Waals surface area contributed by atoms with Crippen LogP contribution in [0.5, 0.6) is 0 Å². The molecule has 0 aliphatic carbocycles. The lowest BCUT2D eigenvalue weighted by molar-refractivity contribution is 0.100. The molecule has 3 aromatic carbocycles. The molecule has 0 aliphatic heterocycles. The van der Waals surface area contributed by atoms with Crippen molar-refractivity contribution in [2.75, 3.05) is 0 Å². The van der Waals surface area contributed by atoms with E-state index < -0.39 is 17.5 Å². The van der Waals surface area contributed by atoms with E-state index in [2.05, 4.69) is 19.1 Å². The smallest absolute Gasteiger partial charge is 0.249 e. The molecule has 0 saturated carbocycles. The van der Waals surface area contributed by atoms with E-state index in [1.54, 1.807) is 12.1 Å². The zero-order chi connectivity index (χ0) is 20.5. The van der Waals surface area contributed by atoms with Crippen LogP contribution in [0.1, 0.15) is 41.3 Å². The molecule has 0 unspecified atom stereocenters. The standard InChI is InChI=1S/C24H22F2N2O/c1-2-3-5-15-8-9-19-22(12-15)28(14-16-10-17(25)13-18(26)11-16)21-7-4-6-20(23(19)21)24(27)29/h4,6-13H,2-3,5,14H2,1H3,(H2,27,29). The maximum absolute atomic E-state index is 13.7. The molecule has 1 aromatic heterocycles. The lowest BCUT2D eigenvalue weighted by Crippen LogP contribution is -2.11. The van der Waals surface area contributed by atoms with Gasteiger partial charge in [-0.05, 0) is 54.3 Å². The SMILES string of the molecule is CCCCc1ccc2c3c(C(N)=O)cccc3n(Cc3cc(F)cc(F)c3)c2c1. The Bertz CT molecular complexity index is 1210. The third kappa shape index (κ3) is 3.60. The fourth-order valence-electron chi connectivity index (χ4n) is 3.99. The largest absolute Gasteiger partial charge is 0.366 e. The van der Waals surface area contributed by atoms with Gasteiger partial charge in [-0.3, -0.25) is 4.79 Å². The van der Waals surface area contributed by atoms with E-state index in [0.29, 0.717) is 11.1 Å². The van der Waals surface area contributed by atoms with E-state index in [4.69, 9.17) is 5.73 Å². The number of nitrogens with zero attached hydrogens (tertiary/aromatic N) is 1. The number of amides is 1. The van der Waals surface area contributed by atoms with E-state index in [0.717, 1.165) is 47.1 Å². The van der Waals surface area contributed by atoms with Crippen molar-refractivity contribution in [3.05, 3.63) is 82.9 Å². The topological polar surface area (TPSA) is 48.0 Å². The highest BCUT2D eigenvalue weighted by Crippen LogP contribution is 2.33. The van der Waals surface area contributed by atoms with Crippen LogP contribution >= 0.6 is 0 Å². The number of carbonyl (C=O) groups is 1. The van der Waals surface area contributed by atoms with Gasteiger partial charge in [0.25, 0.3) is 0 Å². The first-order valence-corrected chi connectivity index (χ1v) is 9.76. The number of aromatic nitrogens is 1. The fourth-order valence-corrected chi connectivity index (χ4v) is 3.99. The minimum atomic E-state index is -0.609. The van der Waals surface area contributed by atoms with E-state index in [9.17, 15) is 13.6 Å². The Morgan fingerprint density at radius 2 is 1.72 bits per heavy atom. The van der Waals surface area contributed by atoms with E-state index in [-0.39, 0.29) is 6.54 Å². The summed E-state index contributed by atoms with van der Waals surface area (Å²) in [6, 6.07) is 15.1. The van der Waals surface area contributed by atoms with Crippen LogP contribution in [0.4, 0.5) is 8.78 Å². The van der Waals surface area contributed by atoms with Crippen molar-refractivity contribution in [2.45, 2.75) is 32.7 Å². The summed E-state index contributed by atoms with van der Waals surface area (Å²) in [7, 11) is 0. The van der Waals surface area contributed by atoms with Gasteiger partial charge in [-0.15, -0.1) is 0 Å². The van der Waals surface area contributed by atoms with E-state index in [1.807, 2.05) is 16.7 Å². The van der Waals surface area contributed by atoms with Gasteiger partial charge in [0, 0.05) is 34.5 Å². The maximum atomic E-state index is 13.7. The second kappa shape index (κ2) is 7.66. The van der Waals surface area contributed by atoms with Crippen LogP contribution in [-0.4, -0.2) is 10.5 Å². The van der Waals surface area contributed by atoms with Crippen LogP contribution in [0, 0.1) is 11.6 Å². The molecule has 1 amide bonds. The Kier molecular flexibility index (Phi) is 5.05. The first kappa shape index (κ1) is 19.1. The molecule has 3 nitrogen and oxygen atoms in total. The minimum Gasteiger partial charge on any atom is -0.366 e. The molecule has 0 fully saturated rings. The van der Waals surface area contributed by atoms with Crippen LogP contribution < -0.4 is 5.73 Å². The van der Waals surface area contributed by atoms with Crippen molar-refractivity contribution in [1.82, 2.24) is 4.57 Å². The molecule has 1 heterocycles. The molecular weight excluding hydrogens is 370 g/mol. The number of rotatable bonds is 6. The zero-order valence-electron chi connectivity index (χ0n) is 16.2. The van der Waals surface area contributed by atoms with Gasteiger partial charge in [0.15, 0.2) is 0 Å². The molecule has 0 saturated heterocycles. The summed E-state index contributed by atoms with van der Waals surface area (Å²) in [5, 5.41) is 1.68. The number of carbonyl (C=O) groups excluding carboxylic acids is 1. The van der Waals surface area contributed by atoms with Gasteiger partial charge >= 0.3 is 0 Å². The Labute approximate surface area is 167 Å². The van der Waals surface area contributed by atoms with Gasteiger partial charge in [-0.2, -0.15) is 0 Å². The molecule has 4 rings (SSSR count). The minimum absolute atomic E-state index is 0.286. The predicted molar refractivity (Wildman–Crippen MR) is 112 cm³/mol. The molecule has 2 N–H and O–H groups in total. The molecule has 0 radical (unpaired) electrons. The van der Waals surface area contributed by atoms with E-state index in [1.165, 1.54) is 17.7 Å². The van der Waals surface area contributed by atoms with Gasteiger partial charge in [-0.1, -0.05) is 31.5 Å². The van der Waals surface area contributed by atoms with Crippen LogP contribution in [0.25, 0.3) is 21.8 Å². The number of hydrogen-bond acceptors (Lipinski definition) is 1. The highest BCUT2D eigenvalue weighted by atomic mass is 19.1. The van der Waals surface area contributed by atoms with Gasteiger partial charge in [0.1, 0.15) is 11.6 Å². The number of fused-ring (bicyclic) bond motifs is 3. The monoisotopic (exact) mass is 392 g/mol. The van der Waals surface area contributed by atoms with Crippen molar-refractivity contribution < 1.29 is 13.6 Å². The number of benzene rings is 3. The van der Waals surface area contributed by atoms with Crippen molar-refractivity contribution in [3.63, 3.8) is 0 Å². The molecule has 148 valence electrons. The Morgan fingerprint density at radius 3 is 2.41 bits per heavy atom. The normalized spacial score (nSPS) is 11.4. The summed E-state index contributed by atoms with van der Waals surface area (Å²) in [6.07, 6.45) is 3.12. The number of aryl methyl sites for hydroxylation is 1. The molecule has 5 heteroatoms. The van der Waals surface area contributed by atoms with Crippen molar-refractivity contribution >= 4 is 27.7 Å². The second-order valence-corrected chi connectivity index (χ2v) is 7.38. The predicted octanol–water partition coefficient (Wildman–Crippen LogP) is 5.56. The molecule has 29 heavy (non-hydrogen) atoms. The molecule has 4 aromatic rings. The summed E-state index contributed by atoms with van der Waals surface area (Å²) in [5.41, 5.74) is 9.51. The lowest BCUT2D eigenvalue weighted by atomic mass is 10.0. The first-order valence-electron chi connectivity index (χ1n) is 9.76. The van der Waals surface area contributed by atoms with E-state index >= 15 is 0 Å². The average molecular weight is 392 g/mol. The summed E-state index contributed by atoms with van der Waals surface area (Å²) in [4.78, 5) is 12.0. The third-order valence-corrected chi connectivity index (χ3v) is 5.30. The third-order valence-electron chi connectivity index (χ3n) is 5.30. The molecule has 0 spiro atoms. The van der Waals surface area contributed by atoms with Gasteiger partial charge in [0.05, 0.1) is 5.52 Å². The molecular formula is C24H22F2N2O. The Morgan fingerprint density at radius 1 is 0.966 bits per heavy atom. The van der Waals surface area contributed by atoms with Crippen LogP contribution in [0.15, 0.2) is 54.6 Å². The van der Waals surface area contributed by atoms with Crippen molar-refractivity contribution in [2.24, 2.45) is 5.73 Å². The van der Waals surface area contributed by atoms with Crippen molar-refractivity contribution in [1.29, 1.82) is 0 Å². The first-order chi connectivity index (χ1) is 14.0. The van der Waals surface area contributed by atoms with Gasteiger partial charge in [0.2, 0.25) is 5.91 Å². The Balaban J connectivity index is 1.98. The van der Waals surface area contributed by atoms with Crippen LogP contribution in [0.3, 0.4) is 0 Å². The number of halogens is 2. The summed E-state index contributed by atoms with van der Waals surface area (Å²) >= 11 is 0. The van der Waals surface area contributed by atoms with Gasteiger partial charge in [-0.25, -0.2) is 8.78 Å². The number of primary amides is 1. The summed E-state index contributed by atoms with van der Waals surface area (Å²) in [6.45, 7) is 2.43. The maximum Gasteiger partial charge on any atom is 0.249 e. The highest BCUT2D eigenvalue weighted by molar-refractivity contribution is 6.17. The number of unbranched alkanes of at least 4 members (excludes halogenated alkanes) is 1. The quantitative estimate of drug-likeness (QED) is 0.459. The molecule has 0 aliphatic rings. The highest BCUT2D eigenvalue weighted by Gasteiger charge is 2.17. The van der Waals surface area contributed by atoms with Crippen LogP contribution in [-0.2, 0) is 13.0 Å². The molecule has 0 atom stereocenters. The van der Waals surface area contributed by atoms with Gasteiger partial charge < -0.3 is 10.3 Å². The summed E-state index contributed by atoms with van der Waals surface area (Å²) in [5.74, 6) is -1.72.